The topological polar surface area (TPSA) is 38.8 Å². The molecule has 0 unspecified atom stereocenters. The minimum atomic E-state index is -0.274. The van der Waals surface area contributed by atoms with Crippen molar-refractivity contribution in [3.05, 3.63) is 12.2 Å². The highest BCUT2D eigenvalue weighted by atomic mass is 16.6. The molecule has 3 nitrogen and oxygen atoms in total. The molecule has 3 atom stereocenters. The Bertz CT molecular complexity index is 259. The van der Waals surface area contributed by atoms with Crippen LogP contribution in [0.15, 0.2) is 12.2 Å². The molecule has 1 saturated heterocycles. The van der Waals surface area contributed by atoms with Crippen molar-refractivity contribution < 1.29 is 14.3 Å². The number of ether oxygens (including phenoxy) is 2. The Balaban J connectivity index is 1.70. The summed E-state index contributed by atoms with van der Waals surface area (Å²) in [5.41, 5.74) is 0.473. The zero-order chi connectivity index (χ0) is 10.1. The van der Waals surface area contributed by atoms with Crippen LogP contribution in [0, 0.1) is 5.92 Å². The van der Waals surface area contributed by atoms with Gasteiger partial charge in [-0.15, -0.1) is 0 Å². The molecule has 0 aromatic heterocycles. The van der Waals surface area contributed by atoms with Crippen LogP contribution < -0.4 is 0 Å². The Kier molecular flexibility index (Phi) is 2.59. The minimum Gasteiger partial charge on any atom is -0.462 e. The van der Waals surface area contributed by atoms with E-state index in [1.54, 1.807) is 6.92 Å². The first-order valence-corrected chi connectivity index (χ1v) is 5.15. The zero-order valence-electron chi connectivity index (χ0n) is 8.49. The molecule has 3 heteroatoms. The van der Waals surface area contributed by atoms with Gasteiger partial charge in [-0.05, 0) is 32.1 Å². The third kappa shape index (κ3) is 2.15. The number of carbonyl (C=O) groups is 1. The molecular formula is C11H16O3. The van der Waals surface area contributed by atoms with Crippen molar-refractivity contribution >= 4 is 5.97 Å². The van der Waals surface area contributed by atoms with Gasteiger partial charge in [0.25, 0.3) is 0 Å². The van der Waals surface area contributed by atoms with E-state index in [9.17, 15) is 4.79 Å². The molecule has 0 N–H and O–H groups in total. The van der Waals surface area contributed by atoms with Crippen LogP contribution in [0.25, 0.3) is 0 Å². The molecule has 1 saturated carbocycles. The summed E-state index contributed by atoms with van der Waals surface area (Å²) in [6.45, 7) is 5.74. The summed E-state index contributed by atoms with van der Waals surface area (Å²) in [5, 5.41) is 0. The van der Waals surface area contributed by atoms with Crippen molar-refractivity contribution in [1.82, 2.24) is 0 Å². The number of hydrogen-bond donors (Lipinski definition) is 0. The van der Waals surface area contributed by atoms with Gasteiger partial charge in [-0.3, -0.25) is 0 Å². The highest BCUT2D eigenvalue weighted by Crippen LogP contribution is 2.39. The molecule has 0 bridgehead atoms. The van der Waals surface area contributed by atoms with Gasteiger partial charge in [-0.2, -0.15) is 0 Å². The van der Waals surface area contributed by atoms with Crippen LogP contribution in [-0.2, 0) is 14.3 Å². The SMILES string of the molecule is C=C(C)C(=O)OC[C@@H]1CC[C@H]2O[C@@H]2C1. The maximum absolute atomic E-state index is 11.1. The fourth-order valence-corrected chi connectivity index (χ4v) is 1.95. The molecule has 2 aliphatic rings. The third-order valence-corrected chi connectivity index (χ3v) is 2.91. The van der Waals surface area contributed by atoms with Gasteiger partial charge in [-0.1, -0.05) is 6.58 Å². The molecule has 1 aliphatic heterocycles. The standard InChI is InChI=1S/C11H16O3/c1-7(2)11(12)13-6-8-3-4-9-10(5-8)14-9/h8-10H,1,3-6H2,2H3/t8-,9-,10-/m1/s1. The lowest BCUT2D eigenvalue weighted by Crippen LogP contribution is -2.20. The zero-order valence-corrected chi connectivity index (χ0v) is 8.49. The summed E-state index contributed by atoms with van der Waals surface area (Å²) < 4.78 is 10.5. The van der Waals surface area contributed by atoms with Crippen LogP contribution in [0.4, 0.5) is 0 Å². The van der Waals surface area contributed by atoms with E-state index in [2.05, 4.69) is 6.58 Å². The Morgan fingerprint density at radius 1 is 1.50 bits per heavy atom. The normalized spacial score (nSPS) is 34.5. The Hall–Kier alpha value is -0.830. The predicted octanol–water partition coefficient (Wildman–Crippen LogP) is 1.67. The van der Waals surface area contributed by atoms with Gasteiger partial charge in [0.1, 0.15) is 0 Å². The lowest BCUT2D eigenvalue weighted by molar-refractivity contribution is -0.140. The summed E-state index contributed by atoms with van der Waals surface area (Å²) in [5.74, 6) is 0.214. The first kappa shape index (κ1) is 9.71. The van der Waals surface area contributed by atoms with Gasteiger partial charge in [0.2, 0.25) is 0 Å². The molecule has 2 rings (SSSR count). The van der Waals surface area contributed by atoms with Gasteiger partial charge < -0.3 is 9.47 Å². The summed E-state index contributed by atoms with van der Waals surface area (Å²) in [4.78, 5) is 11.1. The quantitative estimate of drug-likeness (QED) is 0.391. The van der Waals surface area contributed by atoms with Gasteiger partial charge in [-0.25, -0.2) is 4.79 Å². The lowest BCUT2D eigenvalue weighted by atomic mass is 9.90. The summed E-state index contributed by atoms with van der Waals surface area (Å²) >= 11 is 0. The van der Waals surface area contributed by atoms with Crippen molar-refractivity contribution in [2.75, 3.05) is 6.61 Å². The molecule has 0 radical (unpaired) electrons. The molecule has 0 amide bonds. The molecule has 1 heterocycles. The Morgan fingerprint density at radius 3 is 2.93 bits per heavy atom. The fraction of sp³-hybridized carbons (Fsp3) is 0.727. The van der Waals surface area contributed by atoms with Crippen LogP contribution in [0.5, 0.6) is 0 Å². The van der Waals surface area contributed by atoms with E-state index in [0.717, 1.165) is 19.3 Å². The van der Waals surface area contributed by atoms with Crippen molar-refractivity contribution in [2.24, 2.45) is 5.92 Å². The average Bonchev–Trinajstić information content (AvgIpc) is 2.91. The molecule has 0 aromatic carbocycles. The molecule has 2 fully saturated rings. The number of epoxide rings is 1. The highest BCUT2D eigenvalue weighted by molar-refractivity contribution is 5.86. The monoisotopic (exact) mass is 196 g/mol. The third-order valence-electron chi connectivity index (χ3n) is 2.91. The van der Waals surface area contributed by atoms with Crippen molar-refractivity contribution in [3.63, 3.8) is 0 Å². The van der Waals surface area contributed by atoms with Crippen LogP contribution in [0.3, 0.4) is 0 Å². The van der Waals surface area contributed by atoms with Crippen molar-refractivity contribution in [2.45, 2.75) is 38.4 Å². The van der Waals surface area contributed by atoms with E-state index < -0.39 is 0 Å². The average molecular weight is 196 g/mol. The number of esters is 1. The summed E-state index contributed by atoms with van der Waals surface area (Å²) in [6.07, 6.45) is 4.26. The smallest absolute Gasteiger partial charge is 0.333 e. The van der Waals surface area contributed by atoms with E-state index >= 15 is 0 Å². The number of hydrogen-bond acceptors (Lipinski definition) is 3. The highest BCUT2D eigenvalue weighted by Gasteiger charge is 2.43. The maximum atomic E-state index is 11.1. The second kappa shape index (κ2) is 3.73. The maximum Gasteiger partial charge on any atom is 0.333 e. The summed E-state index contributed by atoms with van der Waals surface area (Å²) in [6, 6.07) is 0. The minimum absolute atomic E-state index is 0.274. The van der Waals surface area contributed by atoms with Crippen molar-refractivity contribution in [3.8, 4) is 0 Å². The number of fused-ring (bicyclic) bond motifs is 1. The van der Waals surface area contributed by atoms with E-state index in [1.165, 1.54) is 0 Å². The van der Waals surface area contributed by atoms with E-state index in [0.29, 0.717) is 30.3 Å². The molecule has 1 aliphatic carbocycles. The number of carbonyl (C=O) groups excluding carboxylic acids is 1. The second-order valence-corrected chi connectivity index (χ2v) is 4.27. The van der Waals surface area contributed by atoms with E-state index in [4.69, 9.17) is 9.47 Å². The van der Waals surface area contributed by atoms with Crippen LogP contribution in [-0.4, -0.2) is 24.8 Å². The molecule has 0 spiro atoms. The van der Waals surface area contributed by atoms with E-state index in [1.807, 2.05) is 0 Å². The molecule has 14 heavy (non-hydrogen) atoms. The first-order valence-electron chi connectivity index (χ1n) is 5.15. The molecule has 78 valence electrons. The molecular weight excluding hydrogens is 180 g/mol. The van der Waals surface area contributed by atoms with Crippen LogP contribution in [0.2, 0.25) is 0 Å². The second-order valence-electron chi connectivity index (χ2n) is 4.27. The molecule has 0 aromatic rings. The van der Waals surface area contributed by atoms with Crippen molar-refractivity contribution in [1.29, 1.82) is 0 Å². The van der Waals surface area contributed by atoms with Gasteiger partial charge >= 0.3 is 5.97 Å². The largest absolute Gasteiger partial charge is 0.462 e. The van der Waals surface area contributed by atoms with Crippen LogP contribution in [0.1, 0.15) is 26.2 Å². The van der Waals surface area contributed by atoms with Gasteiger partial charge in [0.15, 0.2) is 0 Å². The van der Waals surface area contributed by atoms with Gasteiger partial charge in [0, 0.05) is 5.57 Å². The van der Waals surface area contributed by atoms with Gasteiger partial charge in [0.05, 0.1) is 18.8 Å². The predicted molar refractivity (Wildman–Crippen MR) is 51.8 cm³/mol. The lowest BCUT2D eigenvalue weighted by Gasteiger charge is -2.18. The first-order chi connectivity index (χ1) is 6.66. The Morgan fingerprint density at radius 2 is 2.29 bits per heavy atom. The summed E-state index contributed by atoms with van der Waals surface area (Å²) in [7, 11) is 0. The van der Waals surface area contributed by atoms with Crippen LogP contribution >= 0.6 is 0 Å². The number of rotatable bonds is 3. The van der Waals surface area contributed by atoms with E-state index in [-0.39, 0.29) is 5.97 Å². The fourth-order valence-electron chi connectivity index (χ4n) is 1.95. The Labute approximate surface area is 84.1 Å².